The number of carbonyl (C=O) groups is 2. The van der Waals surface area contributed by atoms with Crippen LogP contribution in [0.15, 0.2) is 64.5 Å². The summed E-state index contributed by atoms with van der Waals surface area (Å²) in [5.74, 6) is -0.736. The number of amides is 1. The molecule has 0 aliphatic carbocycles. The molecule has 1 amide bonds. The highest BCUT2D eigenvalue weighted by Gasteiger charge is 2.13. The minimum Gasteiger partial charge on any atom is -0.465 e. The van der Waals surface area contributed by atoms with E-state index in [1.54, 1.807) is 24.3 Å². The molecule has 0 fully saturated rings. The minimum absolute atomic E-state index is 0.188. The first-order valence-corrected chi connectivity index (χ1v) is 10.1. The fourth-order valence-corrected chi connectivity index (χ4v) is 3.80. The summed E-state index contributed by atoms with van der Waals surface area (Å²) in [4.78, 5) is 36.1. The molecule has 0 saturated heterocycles. The fraction of sp³-hybridized carbons (Fsp3) is 0.143. The molecule has 0 spiro atoms. The van der Waals surface area contributed by atoms with Gasteiger partial charge in [-0.2, -0.15) is 5.10 Å². The summed E-state index contributed by atoms with van der Waals surface area (Å²) in [5, 5.41) is 4.10. The van der Waals surface area contributed by atoms with Gasteiger partial charge in [-0.15, -0.1) is 0 Å². The number of thiazole rings is 1. The number of ether oxygens (including phenoxy) is 1. The molecule has 0 unspecified atom stereocenters. The van der Waals surface area contributed by atoms with E-state index in [2.05, 4.69) is 10.5 Å². The Labute approximate surface area is 181 Å². The standard InChI is InChI=1S/C21H18ClN3O4S/c1-29-20(27)16-9-5-8-15(10-16)13-25-19(22)17(30-21(25)28)12-23-24-18(26)11-14-6-3-2-4-7-14/h2-10,12H,11,13H2,1H3,(H,24,26). The summed E-state index contributed by atoms with van der Waals surface area (Å²) in [7, 11) is 1.31. The highest BCUT2D eigenvalue weighted by molar-refractivity contribution is 7.11. The van der Waals surface area contributed by atoms with Crippen molar-refractivity contribution in [2.75, 3.05) is 7.11 Å². The van der Waals surface area contributed by atoms with Crippen LogP contribution in [-0.2, 0) is 22.5 Å². The Bertz CT molecular complexity index is 1140. The van der Waals surface area contributed by atoms with Gasteiger partial charge in [0.1, 0.15) is 5.15 Å². The van der Waals surface area contributed by atoms with Crippen molar-refractivity contribution >= 4 is 41.0 Å². The highest BCUT2D eigenvalue weighted by Crippen LogP contribution is 2.19. The molecule has 3 rings (SSSR count). The molecule has 0 aliphatic rings. The van der Waals surface area contributed by atoms with E-state index >= 15 is 0 Å². The quantitative estimate of drug-likeness (QED) is 0.345. The lowest BCUT2D eigenvalue weighted by atomic mass is 10.1. The number of hydrogen-bond donors (Lipinski definition) is 1. The number of benzene rings is 2. The van der Waals surface area contributed by atoms with E-state index in [0.717, 1.165) is 22.5 Å². The van der Waals surface area contributed by atoms with Crippen LogP contribution in [0.4, 0.5) is 0 Å². The molecule has 30 heavy (non-hydrogen) atoms. The van der Waals surface area contributed by atoms with Crippen LogP contribution in [0.5, 0.6) is 0 Å². The third-order valence-electron chi connectivity index (χ3n) is 4.13. The van der Waals surface area contributed by atoms with E-state index in [1.165, 1.54) is 17.9 Å². The summed E-state index contributed by atoms with van der Waals surface area (Å²) in [6.07, 6.45) is 1.54. The van der Waals surface area contributed by atoms with E-state index in [-0.39, 0.29) is 28.9 Å². The fourth-order valence-electron chi connectivity index (χ4n) is 2.70. The van der Waals surface area contributed by atoms with Crippen molar-refractivity contribution in [3.63, 3.8) is 0 Å². The van der Waals surface area contributed by atoms with Crippen LogP contribution in [-0.4, -0.2) is 29.8 Å². The normalized spacial score (nSPS) is 10.9. The molecule has 0 bridgehead atoms. The van der Waals surface area contributed by atoms with Crippen molar-refractivity contribution < 1.29 is 14.3 Å². The third-order valence-corrected chi connectivity index (χ3v) is 5.56. The van der Waals surface area contributed by atoms with Gasteiger partial charge in [0.05, 0.1) is 36.7 Å². The average Bonchev–Trinajstić information content (AvgIpc) is 3.01. The number of hydrazone groups is 1. The molecule has 9 heteroatoms. The molecule has 2 aromatic carbocycles. The maximum absolute atomic E-state index is 12.3. The van der Waals surface area contributed by atoms with Crippen molar-refractivity contribution in [3.8, 4) is 0 Å². The Morgan fingerprint density at radius 3 is 2.63 bits per heavy atom. The summed E-state index contributed by atoms with van der Waals surface area (Å²) < 4.78 is 6.08. The zero-order valence-corrected chi connectivity index (χ0v) is 17.6. The summed E-state index contributed by atoms with van der Waals surface area (Å²) in [5.41, 5.74) is 4.40. The molecule has 0 aliphatic heterocycles. The molecule has 7 nitrogen and oxygen atoms in total. The molecule has 154 valence electrons. The molecule has 3 aromatic rings. The van der Waals surface area contributed by atoms with Gasteiger partial charge in [-0.1, -0.05) is 65.4 Å². The van der Waals surface area contributed by atoms with Crippen LogP contribution in [0, 0.1) is 0 Å². The number of rotatable bonds is 7. The van der Waals surface area contributed by atoms with Crippen molar-refractivity contribution in [1.82, 2.24) is 9.99 Å². The minimum atomic E-state index is -0.459. The van der Waals surface area contributed by atoms with Gasteiger partial charge in [0, 0.05) is 0 Å². The van der Waals surface area contributed by atoms with Gasteiger partial charge in [0.15, 0.2) is 0 Å². The lowest BCUT2D eigenvalue weighted by Gasteiger charge is -2.06. The Hall–Kier alpha value is -3.23. The van der Waals surface area contributed by atoms with Crippen LogP contribution in [0.3, 0.4) is 0 Å². The van der Waals surface area contributed by atoms with E-state index in [9.17, 15) is 14.4 Å². The maximum Gasteiger partial charge on any atom is 0.337 e. The van der Waals surface area contributed by atoms with Crippen molar-refractivity contribution in [2.45, 2.75) is 13.0 Å². The van der Waals surface area contributed by atoms with Gasteiger partial charge < -0.3 is 4.74 Å². The molecule has 1 N–H and O–H groups in total. The Morgan fingerprint density at radius 2 is 1.90 bits per heavy atom. The van der Waals surface area contributed by atoms with E-state index < -0.39 is 5.97 Å². The Balaban J connectivity index is 1.68. The lowest BCUT2D eigenvalue weighted by molar-refractivity contribution is -0.120. The third kappa shape index (κ3) is 5.43. The lowest BCUT2D eigenvalue weighted by Crippen LogP contribution is -2.19. The van der Waals surface area contributed by atoms with Crippen LogP contribution < -0.4 is 10.3 Å². The van der Waals surface area contributed by atoms with Crippen LogP contribution in [0.1, 0.15) is 26.4 Å². The monoisotopic (exact) mass is 443 g/mol. The predicted octanol–water partition coefficient (Wildman–Crippen LogP) is 3.09. The van der Waals surface area contributed by atoms with Crippen molar-refractivity contribution in [1.29, 1.82) is 0 Å². The van der Waals surface area contributed by atoms with Crippen molar-refractivity contribution in [2.24, 2.45) is 5.10 Å². The van der Waals surface area contributed by atoms with Gasteiger partial charge in [-0.05, 0) is 23.3 Å². The number of carbonyl (C=O) groups excluding carboxylic acids is 2. The van der Waals surface area contributed by atoms with E-state index in [1.807, 2.05) is 30.3 Å². The second-order valence-electron chi connectivity index (χ2n) is 6.26. The van der Waals surface area contributed by atoms with E-state index in [4.69, 9.17) is 16.3 Å². The molecular weight excluding hydrogens is 426 g/mol. The number of nitrogens with one attached hydrogen (secondary N) is 1. The van der Waals surface area contributed by atoms with Crippen molar-refractivity contribution in [3.05, 3.63) is 91.0 Å². The molecule has 0 saturated carbocycles. The Kier molecular flexibility index (Phi) is 7.16. The summed E-state index contributed by atoms with van der Waals surface area (Å²) >= 11 is 7.25. The smallest absolute Gasteiger partial charge is 0.337 e. The number of esters is 1. The van der Waals surface area contributed by atoms with Gasteiger partial charge >= 0.3 is 10.8 Å². The topological polar surface area (TPSA) is 89.8 Å². The molecule has 0 radical (unpaired) electrons. The highest BCUT2D eigenvalue weighted by atomic mass is 35.5. The second-order valence-corrected chi connectivity index (χ2v) is 7.61. The largest absolute Gasteiger partial charge is 0.465 e. The van der Waals surface area contributed by atoms with Gasteiger partial charge in [0.25, 0.3) is 0 Å². The van der Waals surface area contributed by atoms with Gasteiger partial charge in [-0.25, -0.2) is 10.2 Å². The molecule has 1 aromatic heterocycles. The van der Waals surface area contributed by atoms with Gasteiger partial charge in [-0.3, -0.25) is 14.2 Å². The number of methoxy groups -OCH3 is 1. The zero-order chi connectivity index (χ0) is 21.5. The van der Waals surface area contributed by atoms with Crippen LogP contribution >= 0.6 is 22.9 Å². The first kappa shape index (κ1) is 21.5. The first-order valence-electron chi connectivity index (χ1n) is 8.90. The number of nitrogens with zero attached hydrogens (tertiary/aromatic N) is 2. The molecular formula is C21H18ClN3O4S. The van der Waals surface area contributed by atoms with Crippen LogP contribution in [0.25, 0.3) is 0 Å². The number of halogens is 1. The van der Waals surface area contributed by atoms with Crippen LogP contribution in [0.2, 0.25) is 5.15 Å². The maximum atomic E-state index is 12.3. The number of aromatic nitrogens is 1. The number of hydrogen-bond acceptors (Lipinski definition) is 6. The van der Waals surface area contributed by atoms with Gasteiger partial charge in [0.2, 0.25) is 5.91 Å². The first-order chi connectivity index (χ1) is 14.5. The Morgan fingerprint density at radius 1 is 1.17 bits per heavy atom. The zero-order valence-electron chi connectivity index (χ0n) is 16.0. The predicted molar refractivity (Wildman–Crippen MR) is 116 cm³/mol. The average molecular weight is 444 g/mol. The molecule has 0 atom stereocenters. The molecule has 1 heterocycles. The summed E-state index contributed by atoms with van der Waals surface area (Å²) in [6.45, 7) is 0.188. The summed E-state index contributed by atoms with van der Waals surface area (Å²) in [6, 6.07) is 16.0. The van der Waals surface area contributed by atoms with E-state index in [0.29, 0.717) is 10.4 Å². The SMILES string of the molecule is COC(=O)c1cccc(Cn2c(Cl)c(C=NNC(=O)Cc3ccccc3)sc2=O)c1. The second kappa shape index (κ2) is 10.00.